The lowest BCUT2D eigenvalue weighted by molar-refractivity contribution is -0.137. The highest BCUT2D eigenvalue weighted by atomic mass is 35.5. The molecule has 0 spiro atoms. The van der Waals surface area contributed by atoms with Crippen LogP contribution in [-0.2, 0) is 15.8 Å². The molecule has 6 nitrogen and oxygen atoms in total. The predicted octanol–water partition coefficient (Wildman–Crippen LogP) is 4.15. The Bertz CT molecular complexity index is 1140. The van der Waals surface area contributed by atoms with Gasteiger partial charge in [-0.2, -0.15) is 13.2 Å². The molecule has 32 heavy (non-hydrogen) atoms. The van der Waals surface area contributed by atoms with E-state index in [2.05, 4.69) is 10.3 Å². The second-order valence-electron chi connectivity index (χ2n) is 7.68. The molecule has 1 aromatic heterocycles. The van der Waals surface area contributed by atoms with Gasteiger partial charge in [-0.05, 0) is 25.1 Å². The molecule has 2 atom stereocenters. The number of fused-ring (bicyclic) bond motifs is 2. The molecule has 1 aromatic carbocycles. The largest absolute Gasteiger partial charge is 0.416 e. The Hall–Kier alpha value is -2.95. The summed E-state index contributed by atoms with van der Waals surface area (Å²) in [4.78, 5) is 31.9. The number of nitrogens with zero attached hydrogens (tertiary/aromatic N) is 3. The van der Waals surface area contributed by atoms with Crippen LogP contribution >= 0.6 is 11.6 Å². The molecule has 2 aromatic rings. The van der Waals surface area contributed by atoms with Crippen molar-refractivity contribution in [3.8, 4) is 0 Å². The Balaban J connectivity index is 1.83. The van der Waals surface area contributed by atoms with E-state index in [0.717, 1.165) is 21.9 Å². The van der Waals surface area contributed by atoms with E-state index in [0.29, 0.717) is 6.07 Å². The molecule has 12 heteroatoms. The number of hydrogen-bond acceptors (Lipinski definition) is 4. The molecule has 2 aliphatic rings. The molecule has 0 bridgehead atoms. The van der Waals surface area contributed by atoms with E-state index in [1.807, 2.05) is 0 Å². The first-order chi connectivity index (χ1) is 14.9. The summed E-state index contributed by atoms with van der Waals surface area (Å²) in [5, 5.41) is 2.69. The highest BCUT2D eigenvalue weighted by Crippen LogP contribution is 2.42. The Morgan fingerprint density at radius 3 is 2.53 bits per heavy atom. The number of halogens is 6. The van der Waals surface area contributed by atoms with Crippen molar-refractivity contribution in [1.29, 1.82) is 0 Å². The van der Waals surface area contributed by atoms with Crippen molar-refractivity contribution >= 4 is 40.6 Å². The second kappa shape index (κ2) is 7.58. The maximum absolute atomic E-state index is 14.6. The second-order valence-corrected chi connectivity index (χ2v) is 8.09. The van der Waals surface area contributed by atoms with Gasteiger partial charge in [-0.3, -0.25) is 14.5 Å². The SMILES string of the molecule is Cc1cc(C(F)(F)F)cc(N2C(=O)C[C@@H]3CNc4c(Cl)cc(F)c(F)c4N(C)C(=O)[C@H]32)n1. The molecular formula is C20H16ClF5N4O2. The monoisotopic (exact) mass is 474 g/mol. The minimum absolute atomic E-state index is 0.00101. The third-order valence-corrected chi connectivity index (χ3v) is 5.85. The Morgan fingerprint density at radius 2 is 1.88 bits per heavy atom. The van der Waals surface area contributed by atoms with Crippen LogP contribution in [-0.4, -0.2) is 36.4 Å². The summed E-state index contributed by atoms with van der Waals surface area (Å²) in [6.45, 7) is 1.31. The first-order valence-corrected chi connectivity index (χ1v) is 9.84. The number of likely N-dealkylation sites (N-methyl/N-ethyl adjacent to an activating group) is 1. The molecule has 4 rings (SSSR count). The van der Waals surface area contributed by atoms with E-state index in [9.17, 15) is 31.5 Å². The first kappa shape index (κ1) is 22.3. The number of anilines is 3. The summed E-state index contributed by atoms with van der Waals surface area (Å²) >= 11 is 6.03. The van der Waals surface area contributed by atoms with Gasteiger partial charge in [0, 0.05) is 31.6 Å². The van der Waals surface area contributed by atoms with Gasteiger partial charge in [0.05, 0.1) is 16.3 Å². The Morgan fingerprint density at radius 1 is 1.19 bits per heavy atom. The lowest BCUT2D eigenvalue weighted by atomic mass is 9.97. The fraction of sp³-hybridized carbons (Fsp3) is 0.350. The lowest BCUT2D eigenvalue weighted by Crippen LogP contribution is -2.51. The van der Waals surface area contributed by atoms with Crippen LogP contribution in [0.5, 0.6) is 0 Å². The molecule has 1 N–H and O–H groups in total. The smallest absolute Gasteiger partial charge is 0.382 e. The number of alkyl halides is 3. The van der Waals surface area contributed by atoms with E-state index in [1.54, 1.807) is 0 Å². The Kier molecular flexibility index (Phi) is 5.27. The molecule has 2 amide bonds. The fourth-order valence-electron chi connectivity index (χ4n) is 4.11. The summed E-state index contributed by atoms with van der Waals surface area (Å²) < 4.78 is 68.5. The van der Waals surface area contributed by atoms with Crippen molar-refractivity contribution in [3.05, 3.63) is 46.1 Å². The number of aryl methyl sites for hydroxylation is 1. The molecule has 0 unspecified atom stereocenters. The quantitative estimate of drug-likeness (QED) is 0.498. The number of hydrogen-bond donors (Lipinski definition) is 1. The number of carbonyl (C=O) groups is 2. The Labute approximate surface area is 184 Å². The van der Waals surface area contributed by atoms with E-state index in [4.69, 9.17) is 11.6 Å². The van der Waals surface area contributed by atoms with E-state index >= 15 is 0 Å². The van der Waals surface area contributed by atoms with Gasteiger partial charge in [0.15, 0.2) is 11.6 Å². The average molecular weight is 475 g/mol. The first-order valence-electron chi connectivity index (χ1n) is 9.47. The van der Waals surface area contributed by atoms with Crippen LogP contribution in [0.3, 0.4) is 0 Å². The van der Waals surface area contributed by atoms with Crippen LogP contribution in [0.2, 0.25) is 5.02 Å². The zero-order chi connectivity index (χ0) is 23.5. The zero-order valence-electron chi connectivity index (χ0n) is 16.7. The van der Waals surface area contributed by atoms with Gasteiger partial charge in [-0.1, -0.05) is 11.6 Å². The topological polar surface area (TPSA) is 65.5 Å². The average Bonchev–Trinajstić information content (AvgIpc) is 3.02. The number of pyridine rings is 1. The fourth-order valence-corrected chi connectivity index (χ4v) is 4.36. The van der Waals surface area contributed by atoms with Crippen molar-refractivity contribution in [1.82, 2.24) is 4.98 Å². The van der Waals surface area contributed by atoms with E-state index in [1.165, 1.54) is 14.0 Å². The summed E-state index contributed by atoms with van der Waals surface area (Å²) in [5.41, 5.74) is -1.49. The van der Waals surface area contributed by atoms with Crippen LogP contribution in [0, 0.1) is 24.5 Å². The number of benzene rings is 1. The van der Waals surface area contributed by atoms with Gasteiger partial charge < -0.3 is 10.2 Å². The summed E-state index contributed by atoms with van der Waals surface area (Å²) in [5.74, 6) is -5.03. The number of carbonyl (C=O) groups excluding carboxylic acids is 2. The standard InChI is InChI=1S/C20H16ClF5N4O2/c1-8-3-10(20(24,25)26)5-13(28-8)30-14(31)4-9-7-27-16-11(21)6-12(22)15(23)18(16)29(2)19(32)17(9)30/h3,5-6,9,17,27H,4,7H2,1-2H3/t9-,17+/m1/s1. The predicted molar refractivity (Wildman–Crippen MR) is 107 cm³/mol. The van der Waals surface area contributed by atoms with Gasteiger partial charge in [-0.25, -0.2) is 13.8 Å². The molecule has 0 saturated carbocycles. The van der Waals surface area contributed by atoms with Crippen molar-refractivity contribution in [2.24, 2.45) is 5.92 Å². The van der Waals surface area contributed by atoms with Crippen LogP contribution in [0.15, 0.2) is 18.2 Å². The van der Waals surface area contributed by atoms with Crippen LogP contribution in [0.4, 0.5) is 39.1 Å². The summed E-state index contributed by atoms with van der Waals surface area (Å²) in [6.07, 6.45) is -4.85. The van der Waals surface area contributed by atoms with Crippen LogP contribution in [0.1, 0.15) is 17.7 Å². The van der Waals surface area contributed by atoms with E-state index < -0.39 is 52.8 Å². The highest BCUT2D eigenvalue weighted by Gasteiger charge is 2.49. The van der Waals surface area contributed by atoms with Crippen LogP contribution in [0.25, 0.3) is 0 Å². The highest BCUT2D eigenvalue weighted by molar-refractivity contribution is 6.34. The van der Waals surface area contributed by atoms with Crippen molar-refractivity contribution in [2.45, 2.75) is 25.6 Å². The van der Waals surface area contributed by atoms with Gasteiger partial charge in [0.25, 0.3) is 0 Å². The number of nitrogens with one attached hydrogen (secondary N) is 1. The third-order valence-electron chi connectivity index (χ3n) is 5.55. The van der Waals surface area contributed by atoms with Gasteiger partial charge in [0.1, 0.15) is 17.5 Å². The summed E-state index contributed by atoms with van der Waals surface area (Å²) in [7, 11) is 1.18. The number of aromatic nitrogens is 1. The number of amides is 2. The minimum atomic E-state index is -4.69. The van der Waals surface area contributed by atoms with Crippen molar-refractivity contribution in [2.75, 3.05) is 28.7 Å². The molecule has 0 aliphatic carbocycles. The van der Waals surface area contributed by atoms with Gasteiger partial charge in [0.2, 0.25) is 11.8 Å². The van der Waals surface area contributed by atoms with Gasteiger partial charge >= 0.3 is 6.18 Å². The molecule has 1 fully saturated rings. The van der Waals surface area contributed by atoms with Gasteiger partial charge in [-0.15, -0.1) is 0 Å². The summed E-state index contributed by atoms with van der Waals surface area (Å²) in [6, 6.07) is 1.01. The molecule has 2 aliphatic heterocycles. The lowest BCUT2D eigenvalue weighted by Gasteiger charge is -2.34. The van der Waals surface area contributed by atoms with Crippen LogP contribution < -0.4 is 15.1 Å². The molecule has 1 saturated heterocycles. The maximum atomic E-state index is 14.6. The third kappa shape index (κ3) is 3.54. The minimum Gasteiger partial charge on any atom is -0.382 e. The van der Waals surface area contributed by atoms with E-state index in [-0.39, 0.29) is 35.2 Å². The molecule has 170 valence electrons. The molecule has 3 heterocycles. The number of rotatable bonds is 1. The zero-order valence-corrected chi connectivity index (χ0v) is 17.5. The molecule has 0 radical (unpaired) electrons. The maximum Gasteiger partial charge on any atom is 0.416 e. The normalized spacial score (nSPS) is 21.1. The van der Waals surface area contributed by atoms with Crippen molar-refractivity contribution in [3.63, 3.8) is 0 Å². The molecular weight excluding hydrogens is 459 g/mol. The van der Waals surface area contributed by atoms with Crippen molar-refractivity contribution < 1.29 is 31.5 Å².